The van der Waals surface area contributed by atoms with Crippen LogP contribution in [-0.2, 0) is 6.42 Å². The first-order valence-electron chi connectivity index (χ1n) is 5.48. The van der Waals surface area contributed by atoms with Gasteiger partial charge in [-0.3, -0.25) is 4.79 Å². The summed E-state index contributed by atoms with van der Waals surface area (Å²) >= 11 is 1.08. The molecule has 2 rings (SSSR count). The Hall–Kier alpha value is -1.82. The highest BCUT2D eigenvalue weighted by molar-refractivity contribution is 7.07. The number of aryl methyl sites for hydroxylation is 1. The van der Waals surface area contributed by atoms with E-state index in [1.165, 1.54) is 12.1 Å². The number of nitrogens with zero attached hydrogens (tertiary/aromatic N) is 2. The van der Waals surface area contributed by atoms with Gasteiger partial charge in [-0.15, -0.1) is 0 Å². The summed E-state index contributed by atoms with van der Waals surface area (Å²) in [5.41, 5.74) is 0.977. The highest BCUT2D eigenvalue weighted by atomic mass is 32.1. The van der Waals surface area contributed by atoms with Crippen molar-refractivity contribution in [3.8, 4) is 0 Å². The summed E-state index contributed by atoms with van der Waals surface area (Å²) in [6.45, 7) is 2.23. The molecule has 0 saturated carbocycles. The average Bonchev–Trinajstić information content (AvgIpc) is 2.78. The first-order valence-corrected chi connectivity index (χ1v) is 6.25. The Morgan fingerprint density at radius 2 is 2.11 bits per heavy atom. The monoisotopic (exact) mass is 265 g/mol. The zero-order valence-corrected chi connectivity index (χ0v) is 10.6. The number of carbonyl (C=O) groups excluding carboxylic acids is 1. The summed E-state index contributed by atoms with van der Waals surface area (Å²) in [6.07, 6.45) is 0.657. The Morgan fingerprint density at radius 1 is 1.39 bits per heavy atom. The van der Waals surface area contributed by atoms with Crippen LogP contribution in [0.5, 0.6) is 0 Å². The Bertz CT molecular complexity index is 539. The lowest BCUT2D eigenvalue weighted by molar-refractivity contribution is 0.0953. The van der Waals surface area contributed by atoms with Gasteiger partial charge in [0.1, 0.15) is 11.6 Å². The molecule has 6 heteroatoms. The zero-order chi connectivity index (χ0) is 13.0. The molecule has 1 N–H and O–H groups in total. The van der Waals surface area contributed by atoms with Crippen molar-refractivity contribution < 1.29 is 9.18 Å². The van der Waals surface area contributed by atoms with Crippen molar-refractivity contribution in [3.63, 3.8) is 0 Å². The van der Waals surface area contributed by atoms with Crippen molar-refractivity contribution in [1.82, 2.24) is 14.7 Å². The molecule has 0 aliphatic carbocycles. The molecule has 0 bridgehead atoms. The van der Waals surface area contributed by atoms with E-state index < -0.39 is 0 Å². The lowest BCUT2D eigenvalue weighted by Gasteiger charge is -2.03. The molecule has 0 aliphatic rings. The van der Waals surface area contributed by atoms with E-state index in [-0.39, 0.29) is 11.7 Å². The second-order valence-electron chi connectivity index (χ2n) is 3.78. The van der Waals surface area contributed by atoms with Gasteiger partial charge in [0.2, 0.25) is 5.01 Å². The Balaban J connectivity index is 1.82. The summed E-state index contributed by atoms with van der Waals surface area (Å²) < 4.78 is 16.6. The van der Waals surface area contributed by atoms with E-state index in [0.29, 0.717) is 23.8 Å². The van der Waals surface area contributed by atoms with Gasteiger partial charge in [-0.25, -0.2) is 9.37 Å². The highest BCUT2D eigenvalue weighted by Gasteiger charge is 2.09. The van der Waals surface area contributed by atoms with Crippen molar-refractivity contribution >= 4 is 17.4 Å². The molecule has 94 valence electrons. The van der Waals surface area contributed by atoms with Gasteiger partial charge in [0.05, 0.1) is 0 Å². The first kappa shape index (κ1) is 12.6. The predicted molar refractivity (Wildman–Crippen MR) is 67.1 cm³/mol. The van der Waals surface area contributed by atoms with Crippen molar-refractivity contribution in [2.24, 2.45) is 0 Å². The van der Waals surface area contributed by atoms with Gasteiger partial charge >= 0.3 is 0 Å². The number of rotatable bonds is 4. The van der Waals surface area contributed by atoms with Gasteiger partial charge in [0, 0.05) is 6.54 Å². The number of nitrogens with one attached hydrogen (secondary N) is 1. The second-order valence-corrected chi connectivity index (χ2v) is 4.53. The molecule has 18 heavy (non-hydrogen) atoms. The van der Waals surface area contributed by atoms with E-state index >= 15 is 0 Å². The lowest BCUT2D eigenvalue weighted by Crippen LogP contribution is -2.25. The summed E-state index contributed by atoms with van der Waals surface area (Å²) in [6, 6.07) is 6.23. The predicted octanol–water partition coefficient (Wildman–Crippen LogP) is 1.96. The van der Waals surface area contributed by atoms with Gasteiger partial charge in [0.25, 0.3) is 5.91 Å². The van der Waals surface area contributed by atoms with Gasteiger partial charge < -0.3 is 5.32 Å². The van der Waals surface area contributed by atoms with Crippen LogP contribution >= 0.6 is 11.5 Å². The largest absolute Gasteiger partial charge is 0.350 e. The summed E-state index contributed by atoms with van der Waals surface area (Å²) in [5.74, 6) is 0.124. The number of benzene rings is 1. The normalized spacial score (nSPS) is 10.3. The van der Waals surface area contributed by atoms with Gasteiger partial charge in [-0.05, 0) is 42.6 Å². The zero-order valence-electron chi connectivity index (χ0n) is 9.81. The Morgan fingerprint density at radius 3 is 2.72 bits per heavy atom. The standard InChI is InChI=1S/C12H12FN3OS/c1-8-15-12(18-16-8)11(17)14-7-6-9-2-4-10(13)5-3-9/h2-5H,6-7H2,1H3,(H,14,17). The number of hydrogen-bond donors (Lipinski definition) is 1. The van der Waals surface area contributed by atoms with E-state index in [2.05, 4.69) is 14.7 Å². The molecule has 0 fully saturated rings. The fourth-order valence-corrected chi connectivity index (χ4v) is 2.02. The lowest BCUT2D eigenvalue weighted by atomic mass is 10.1. The topological polar surface area (TPSA) is 54.9 Å². The molecule has 0 unspecified atom stereocenters. The molecule has 0 spiro atoms. The van der Waals surface area contributed by atoms with Crippen LogP contribution in [-0.4, -0.2) is 21.8 Å². The van der Waals surface area contributed by atoms with Crippen molar-refractivity contribution in [2.75, 3.05) is 6.54 Å². The Labute approximate surface area is 108 Å². The van der Waals surface area contributed by atoms with E-state index in [4.69, 9.17) is 0 Å². The maximum Gasteiger partial charge on any atom is 0.281 e. The average molecular weight is 265 g/mol. The minimum atomic E-state index is -0.257. The second kappa shape index (κ2) is 5.68. The fraction of sp³-hybridized carbons (Fsp3) is 0.250. The van der Waals surface area contributed by atoms with Crippen molar-refractivity contribution in [3.05, 3.63) is 46.5 Å². The number of carbonyl (C=O) groups is 1. The van der Waals surface area contributed by atoms with E-state index in [1.807, 2.05) is 0 Å². The van der Waals surface area contributed by atoms with Crippen LogP contribution in [0.4, 0.5) is 4.39 Å². The van der Waals surface area contributed by atoms with Crippen LogP contribution in [0.2, 0.25) is 0 Å². The Kier molecular flexibility index (Phi) is 3.99. The minimum absolute atomic E-state index is 0.220. The first-order chi connectivity index (χ1) is 8.65. The van der Waals surface area contributed by atoms with Gasteiger partial charge in [-0.1, -0.05) is 12.1 Å². The smallest absolute Gasteiger partial charge is 0.281 e. The minimum Gasteiger partial charge on any atom is -0.350 e. The van der Waals surface area contributed by atoms with Gasteiger partial charge in [-0.2, -0.15) is 4.37 Å². The van der Waals surface area contributed by atoms with Crippen LogP contribution in [0.25, 0.3) is 0 Å². The molecule has 1 aromatic carbocycles. The molecule has 1 amide bonds. The van der Waals surface area contributed by atoms with Crippen LogP contribution in [0, 0.1) is 12.7 Å². The molecule has 0 radical (unpaired) electrons. The molecule has 1 heterocycles. The summed E-state index contributed by atoms with van der Waals surface area (Å²) in [4.78, 5) is 15.6. The molecule has 0 saturated heterocycles. The number of aromatic nitrogens is 2. The molecular weight excluding hydrogens is 253 g/mol. The quantitative estimate of drug-likeness (QED) is 0.919. The molecule has 0 aliphatic heterocycles. The molecular formula is C12H12FN3OS. The maximum atomic E-state index is 12.7. The van der Waals surface area contributed by atoms with E-state index in [0.717, 1.165) is 17.1 Å². The third-order valence-corrected chi connectivity index (χ3v) is 3.14. The number of hydrogen-bond acceptors (Lipinski definition) is 4. The van der Waals surface area contributed by atoms with Crippen LogP contribution in [0.1, 0.15) is 21.2 Å². The van der Waals surface area contributed by atoms with E-state index in [1.54, 1.807) is 19.1 Å². The van der Waals surface area contributed by atoms with Gasteiger partial charge in [0.15, 0.2) is 0 Å². The molecule has 2 aromatic rings. The van der Waals surface area contributed by atoms with Crippen molar-refractivity contribution in [1.29, 1.82) is 0 Å². The van der Waals surface area contributed by atoms with Crippen LogP contribution < -0.4 is 5.32 Å². The van der Waals surface area contributed by atoms with Crippen LogP contribution in [0.3, 0.4) is 0 Å². The summed E-state index contributed by atoms with van der Waals surface area (Å²) in [7, 11) is 0. The molecule has 0 atom stereocenters. The highest BCUT2D eigenvalue weighted by Crippen LogP contribution is 2.05. The number of amides is 1. The number of halogens is 1. The third kappa shape index (κ3) is 3.33. The SMILES string of the molecule is Cc1nsc(C(=O)NCCc2ccc(F)cc2)n1. The third-order valence-electron chi connectivity index (χ3n) is 2.33. The molecule has 4 nitrogen and oxygen atoms in total. The summed E-state index contributed by atoms with van der Waals surface area (Å²) in [5, 5.41) is 3.12. The van der Waals surface area contributed by atoms with Crippen molar-refractivity contribution in [2.45, 2.75) is 13.3 Å². The fourth-order valence-electron chi connectivity index (χ4n) is 1.44. The molecule has 1 aromatic heterocycles. The maximum absolute atomic E-state index is 12.7. The van der Waals surface area contributed by atoms with E-state index in [9.17, 15) is 9.18 Å². The van der Waals surface area contributed by atoms with Crippen LogP contribution in [0.15, 0.2) is 24.3 Å².